The van der Waals surface area contributed by atoms with Crippen molar-refractivity contribution >= 4 is 11.6 Å². The second kappa shape index (κ2) is 5.50. The predicted molar refractivity (Wildman–Crippen MR) is 70.1 cm³/mol. The van der Waals surface area contributed by atoms with Crippen LogP contribution >= 0.6 is 11.6 Å². The molecule has 2 rings (SSSR count). The monoisotopic (exact) mass is 267 g/mol. The lowest BCUT2D eigenvalue weighted by Crippen LogP contribution is -2.22. The summed E-state index contributed by atoms with van der Waals surface area (Å²) in [7, 11) is 3.78. The molecular weight excluding hydrogens is 253 g/mol. The molecule has 3 nitrogen and oxygen atoms in total. The number of nitrogens with zero attached hydrogens (tertiary/aromatic N) is 2. The smallest absolute Gasteiger partial charge is 0.142 e. The lowest BCUT2D eigenvalue weighted by atomic mass is 10.1. The lowest BCUT2D eigenvalue weighted by Gasteiger charge is -2.17. The molecule has 1 N–H and O–H groups in total. The molecule has 0 spiro atoms. The fourth-order valence-corrected chi connectivity index (χ4v) is 2.16. The van der Waals surface area contributed by atoms with Crippen LogP contribution in [0.3, 0.4) is 0 Å². The van der Waals surface area contributed by atoms with E-state index in [0.29, 0.717) is 6.42 Å². The zero-order valence-corrected chi connectivity index (χ0v) is 11.1. The molecule has 0 saturated carbocycles. The van der Waals surface area contributed by atoms with E-state index in [0.717, 1.165) is 11.4 Å². The summed E-state index contributed by atoms with van der Waals surface area (Å²) in [5, 5.41) is 3.36. The third-order valence-corrected chi connectivity index (χ3v) is 3.40. The van der Waals surface area contributed by atoms with Crippen LogP contribution in [0.4, 0.5) is 4.39 Å². The Morgan fingerprint density at radius 2 is 2.28 bits per heavy atom. The van der Waals surface area contributed by atoms with Gasteiger partial charge in [-0.05, 0) is 25.1 Å². The van der Waals surface area contributed by atoms with Crippen molar-refractivity contribution in [2.24, 2.45) is 7.05 Å². The molecular formula is C13H15ClFN3. The number of imidazole rings is 1. The summed E-state index contributed by atoms with van der Waals surface area (Å²) in [6.45, 7) is 0. The van der Waals surface area contributed by atoms with Crippen LogP contribution in [0.25, 0.3) is 0 Å². The molecule has 0 aliphatic rings. The van der Waals surface area contributed by atoms with Gasteiger partial charge in [0.25, 0.3) is 0 Å². The Kier molecular flexibility index (Phi) is 3.99. The van der Waals surface area contributed by atoms with Crippen molar-refractivity contribution in [2.45, 2.75) is 12.5 Å². The fourth-order valence-electron chi connectivity index (χ4n) is 1.96. The average molecular weight is 268 g/mol. The van der Waals surface area contributed by atoms with Gasteiger partial charge in [-0.2, -0.15) is 0 Å². The van der Waals surface area contributed by atoms with Gasteiger partial charge >= 0.3 is 0 Å². The third kappa shape index (κ3) is 2.54. The topological polar surface area (TPSA) is 29.9 Å². The number of halogens is 2. The minimum absolute atomic E-state index is 0.00398. The van der Waals surface area contributed by atoms with Gasteiger partial charge in [-0.25, -0.2) is 9.37 Å². The maximum Gasteiger partial charge on any atom is 0.142 e. The molecule has 0 radical (unpaired) electrons. The first kappa shape index (κ1) is 13.1. The quantitative estimate of drug-likeness (QED) is 0.923. The highest BCUT2D eigenvalue weighted by Gasteiger charge is 2.17. The summed E-state index contributed by atoms with van der Waals surface area (Å²) < 4.78 is 15.3. The van der Waals surface area contributed by atoms with Gasteiger partial charge in [0.1, 0.15) is 11.6 Å². The molecule has 2 aromatic rings. The molecule has 5 heteroatoms. The highest BCUT2D eigenvalue weighted by atomic mass is 35.5. The van der Waals surface area contributed by atoms with Crippen LogP contribution in [0.15, 0.2) is 30.6 Å². The van der Waals surface area contributed by atoms with Crippen LogP contribution in [0.5, 0.6) is 0 Å². The van der Waals surface area contributed by atoms with Crippen molar-refractivity contribution in [3.05, 3.63) is 52.8 Å². The van der Waals surface area contributed by atoms with Crippen LogP contribution < -0.4 is 5.32 Å². The second-order valence-corrected chi connectivity index (χ2v) is 4.53. The van der Waals surface area contributed by atoms with Gasteiger partial charge in [-0.3, -0.25) is 0 Å². The van der Waals surface area contributed by atoms with Crippen molar-refractivity contribution < 1.29 is 4.39 Å². The Labute approximate surface area is 111 Å². The second-order valence-electron chi connectivity index (χ2n) is 4.15. The standard InChI is InChI=1S/C13H15ClFN3/c1-16-11(13-17-6-7-18(13)2)8-9-4-3-5-10(15)12(9)14/h3-7,11,16H,8H2,1-2H3. The molecule has 0 amide bonds. The van der Waals surface area contributed by atoms with Gasteiger partial charge in [0.05, 0.1) is 11.1 Å². The van der Waals surface area contributed by atoms with Gasteiger partial charge in [0.2, 0.25) is 0 Å². The zero-order valence-electron chi connectivity index (χ0n) is 10.3. The molecule has 1 aromatic carbocycles. The van der Waals surface area contributed by atoms with Crippen LogP contribution in [0.2, 0.25) is 5.02 Å². The lowest BCUT2D eigenvalue weighted by molar-refractivity contribution is 0.536. The number of nitrogens with one attached hydrogen (secondary N) is 1. The summed E-state index contributed by atoms with van der Waals surface area (Å²) in [4.78, 5) is 4.30. The first-order chi connectivity index (χ1) is 8.63. The van der Waals surface area contributed by atoms with Gasteiger partial charge in [0.15, 0.2) is 0 Å². The molecule has 0 bridgehead atoms. The number of benzene rings is 1. The summed E-state index contributed by atoms with van der Waals surface area (Å²) >= 11 is 5.97. The predicted octanol–water partition coefficient (Wildman–Crippen LogP) is 2.72. The van der Waals surface area contributed by atoms with Gasteiger partial charge in [-0.1, -0.05) is 23.7 Å². The Morgan fingerprint density at radius 3 is 2.89 bits per heavy atom. The molecule has 1 heterocycles. The van der Waals surface area contributed by atoms with Gasteiger partial charge in [-0.15, -0.1) is 0 Å². The molecule has 0 fully saturated rings. The SMILES string of the molecule is CNC(Cc1cccc(F)c1Cl)c1nccn1C. The first-order valence-electron chi connectivity index (χ1n) is 5.71. The first-order valence-corrected chi connectivity index (χ1v) is 6.08. The molecule has 0 aliphatic heterocycles. The Balaban J connectivity index is 2.26. The van der Waals surface area contributed by atoms with Crippen molar-refractivity contribution in [1.82, 2.24) is 14.9 Å². The van der Waals surface area contributed by atoms with Gasteiger partial charge < -0.3 is 9.88 Å². The number of aromatic nitrogens is 2. The summed E-state index contributed by atoms with van der Waals surface area (Å²) in [6.07, 6.45) is 4.22. The van der Waals surface area contributed by atoms with E-state index >= 15 is 0 Å². The molecule has 0 saturated heterocycles. The van der Waals surface area contributed by atoms with E-state index in [2.05, 4.69) is 10.3 Å². The molecule has 18 heavy (non-hydrogen) atoms. The van der Waals surface area contributed by atoms with Crippen LogP contribution in [0, 0.1) is 5.82 Å². The molecule has 1 aromatic heterocycles. The third-order valence-electron chi connectivity index (χ3n) is 2.97. The maximum absolute atomic E-state index is 13.4. The van der Waals surface area contributed by atoms with Crippen LogP contribution in [-0.2, 0) is 13.5 Å². The molecule has 1 atom stereocenters. The number of likely N-dealkylation sites (N-methyl/N-ethyl adjacent to an activating group) is 1. The fraction of sp³-hybridized carbons (Fsp3) is 0.308. The zero-order chi connectivity index (χ0) is 13.1. The number of hydrogen-bond acceptors (Lipinski definition) is 2. The van der Waals surface area contributed by atoms with Crippen molar-refractivity contribution in [3.63, 3.8) is 0 Å². The minimum Gasteiger partial charge on any atom is -0.337 e. The van der Waals surface area contributed by atoms with E-state index in [9.17, 15) is 4.39 Å². The van der Waals surface area contributed by atoms with E-state index in [1.54, 1.807) is 12.3 Å². The van der Waals surface area contributed by atoms with Crippen molar-refractivity contribution in [3.8, 4) is 0 Å². The average Bonchev–Trinajstić information content (AvgIpc) is 2.77. The van der Waals surface area contributed by atoms with E-state index in [-0.39, 0.29) is 16.9 Å². The Morgan fingerprint density at radius 1 is 1.50 bits per heavy atom. The largest absolute Gasteiger partial charge is 0.337 e. The van der Waals surface area contributed by atoms with Crippen molar-refractivity contribution in [2.75, 3.05) is 7.05 Å². The highest BCUT2D eigenvalue weighted by Crippen LogP contribution is 2.24. The molecule has 96 valence electrons. The summed E-state index contributed by atoms with van der Waals surface area (Å²) in [6, 6.07) is 4.87. The Bertz CT molecular complexity index is 539. The highest BCUT2D eigenvalue weighted by molar-refractivity contribution is 6.31. The number of hydrogen-bond donors (Lipinski definition) is 1. The van der Waals surface area contributed by atoms with Crippen LogP contribution in [-0.4, -0.2) is 16.6 Å². The number of rotatable bonds is 4. The van der Waals surface area contributed by atoms with E-state index in [1.165, 1.54) is 6.07 Å². The molecule has 0 aliphatic carbocycles. The van der Waals surface area contributed by atoms with Gasteiger partial charge in [0, 0.05) is 19.4 Å². The normalized spacial score (nSPS) is 12.7. The van der Waals surface area contributed by atoms with Crippen molar-refractivity contribution in [1.29, 1.82) is 0 Å². The van der Waals surface area contributed by atoms with Crippen LogP contribution in [0.1, 0.15) is 17.4 Å². The van der Waals surface area contributed by atoms with E-state index in [4.69, 9.17) is 11.6 Å². The van der Waals surface area contributed by atoms with E-state index < -0.39 is 0 Å². The maximum atomic E-state index is 13.4. The summed E-state index contributed by atoms with van der Waals surface area (Å²) in [5.41, 5.74) is 0.777. The minimum atomic E-state index is -0.385. The Hall–Kier alpha value is -1.39. The summed E-state index contributed by atoms with van der Waals surface area (Å²) in [5.74, 6) is 0.515. The van der Waals surface area contributed by atoms with E-state index in [1.807, 2.05) is 30.9 Å². The number of aryl methyl sites for hydroxylation is 1. The molecule has 1 unspecified atom stereocenters.